The van der Waals surface area contributed by atoms with Gasteiger partial charge in [0.1, 0.15) is 0 Å². The summed E-state index contributed by atoms with van der Waals surface area (Å²) in [4.78, 5) is 25.9. The average molecular weight is 594 g/mol. The van der Waals surface area contributed by atoms with Crippen LogP contribution in [0.25, 0.3) is 0 Å². The van der Waals surface area contributed by atoms with Gasteiger partial charge in [-0.15, -0.1) is 0 Å². The molecule has 2 aromatic carbocycles. The van der Waals surface area contributed by atoms with Gasteiger partial charge in [0.2, 0.25) is 5.91 Å². The molecule has 3 saturated heterocycles. The highest BCUT2D eigenvalue weighted by Crippen LogP contribution is 2.45. The van der Waals surface area contributed by atoms with Crippen molar-refractivity contribution < 1.29 is 4.79 Å². The molecule has 7 heteroatoms. The Morgan fingerprint density at radius 3 is 2.15 bits per heavy atom. The van der Waals surface area contributed by atoms with Gasteiger partial charge in [0.15, 0.2) is 0 Å². The molecule has 1 amide bonds. The number of amides is 1. The lowest BCUT2D eigenvalue weighted by molar-refractivity contribution is -0.132. The number of nitrogens with zero attached hydrogens (tertiary/aromatic N) is 4. The van der Waals surface area contributed by atoms with E-state index in [0.717, 1.165) is 55.3 Å². The predicted molar refractivity (Wildman–Crippen MR) is 169 cm³/mol. The van der Waals surface area contributed by atoms with Crippen molar-refractivity contribution in [2.24, 2.45) is 10.9 Å². The van der Waals surface area contributed by atoms with Gasteiger partial charge < -0.3 is 4.90 Å². The average Bonchev–Trinajstić information content (AvgIpc) is 3.19. The molecule has 0 radical (unpaired) electrons. The minimum Gasteiger partial charge on any atom is -0.340 e. The van der Waals surface area contributed by atoms with Crippen molar-refractivity contribution in [3.05, 3.63) is 81.0 Å². The normalized spacial score (nSPS) is 29.1. The second-order valence-corrected chi connectivity index (χ2v) is 13.4. The molecule has 2 bridgehead atoms. The van der Waals surface area contributed by atoms with E-state index in [4.69, 9.17) is 28.2 Å². The van der Waals surface area contributed by atoms with Gasteiger partial charge in [-0.05, 0) is 68.4 Å². The van der Waals surface area contributed by atoms with Crippen LogP contribution in [0.4, 0.5) is 0 Å². The Morgan fingerprint density at radius 2 is 1.51 bits per heavy atom. The third-order valence-corrected chi connectivity index (χ3v) is 10.9. The Bertz CT molecular complexity index is 1300. The first-order valence-electron chi connectivity index (χ1n) is 15.3. The lowest BCUT2D eigenvalue weighted by Crippen LogP contribution is -2.56. The van der Waals surface area contributed by atoms with Gasteiger partial charge in [-0.25, -0.2) is 0 Å². The van der Waals surface area contributed by atoms with E-state index in [2.05, 4.69) is 65.8 Å². The summed E-state index contributed by atoms with van der Waals surface area (Å²) < 4.78 is 0. The molecule has 6 rings (SSSR count). The Balaban J connectivity index is 1.07. The molecular weight excluding hydrogens is 551 g/mol. The van der Waals surface area contributed by atoms with Crippen molar-refractivity contribution >= 4 is 34.8 Å². The SMILES string of the molecule is CC1=NC(CC(=O)N2CCN(C3CC4CCC(C3)N4Cc3ccccc3)CC2)=C(C)C(c2c(Cl)cccc2Cl)C1C. The first-order chi connectivity index (χ1) is 19.8. The molecule has 0 saturated carbocycles. The molecule has 0 N–H and O–H groups in total. The molecule has 4 heterocycles. The summed E-state index contributed by atoms with van der Waals surface area (Å²) in [6.07, 6.45) is 5.47. The zero-order chi connectivity index (χ0) is 28.7. The summed E-state index contributed by atoms with van der Waals surface area (Å²) in [6, 6.07) is 18.6. The van der Waals surface area contributed by atoms with Crippen molar-refractivity contribution in [1.29, 1.82) is 0 Å². The van der Waals surface area contributed by atoms with Gasteiger partial charge in [-0.1, -0.05) is 66.5 Å². The minimum absolute atomic E-state index is 0.0245. The Labute approximate surface area is 255 Å². The van der Waals surface area contributed by atoms with Crippen LogP contribution in [0.5, 0.6) is 0 Å². The van der Waals surface area contributed by atoms with E-state index in [0.29, 0.717) is 34.6 Å². The fourth-order valence-electron chi connectivity index (χ4n) is 7.84. The number of benzene rings is 2. The summed E-state index contributed by atoms with van der Waals surface area (Å²) in [5, 5.41) is 1.34. The quantitative estimate of drug-likeness (QED) is 0.356. The standard InChI is InChI=1S/C34H42Cl2N4O/c1-22-24(3)37-31(23(2)33(22)34-29(35)10-7-11-30(34)36)20-32(41)39-16-14-38(15-17-39)28-18-26-12-13-27(19-28)40(26)21-25-8-5-4-6-9-25/h4-11,22,26-28,33H,12-21H2,1-3H3. The second-order valence-electron chi connectivity index (χ2n) is 12.5. The molecular formula is C34H42Cl2N4O. The molecule has 5 nitrogen and oxygen atoms in total. The minimum atomic E-state index is 0.0245. The fourth-order valence-corrected chi connectivity index (χ4v) is 8.47. The fraction of sp³-hybridized carbons (Fsp3) is 0.529. The number of carbonyl (C=O) groups excluding carboxylic acids is 1. The van der Waals surface area contributed by atoms with Crippen LogP contribution in [0.2, 0.25) is 10.0 Å². The van der Waals surface area contributed by atoms with E-state index in [1.54, 1.807) is 0 Å². The molecule has 41 heavy (non-hydrogen) atoms. The maximum Gasteiger partial charge on any atom is 0.228 e. The topological polar surface area (TPSA) is 39.2 Å². The van der Waals surface area contributed by atoms with E-state index in [9.17, 15) is 4.79 Å². The van der Waals surface area contributed by atoms with Crippen molar-refractivity contribution in [3.8, 4) is 0 Å². The summed E-state index contributed by atoms with van der Waals surface area (Å²) in [7, 11) is 0. The number of hydrogen-bond donors (Lipinski definition) is 0. The highest BCUT2D eigenvalue weighted by atomic mass is 35.5. The van der Waals surface area contributed by atoms with Gasteiger partial charge in [-0.3, -0.25) is 19.6 Å². The Hall–Kier alpha value is -2.18. The predicted octanol–water partition coefficient (Wildman–Crippen LogP) is 7.19. The lowest BCUT2D eigenvalue weighted by Gasteiger charge is -2.46. The maximum atomic E-state index is 13.5. The maximum absolute atomic E-state index is 13.5. The molecule has 4 aliphatic heterocycles. The molecule has 4 atom stereocenters. The van der Waals surface area contributed by atoms with Crippen LogP contribution in [-0.2, 0) is 11.3 Å². The third-order valence-electron chi connectivity index (χ3n) is 10.3. The lowest BCUT2D eigenvalue weighted by atomic mass is 9.77. The third kappa shape index (κ3) is 5.88. The van der Waals surface area contributed by atoms with Crippen molar-refractivity contribution in [3.63, 3.8) is 0 Å². The number of allylic oxidation sites excluding steroid dienone is 1. The Morgan fingerprint density at radius 1 is 0.878 bits per heavy atom. The number of fused-ring (bicyclic) bond motifs is 2. The monoisotopic (exact) mass is 592 g/mol. The molecule has 4 unspecified atom stereocenters. The van der Waals surface area contributed by atoms with Gasteiger partial charge in [0.25, 0.3) is 0 Å². The van der Waals surface area contributed by atoms with E-state index < -0.39 is 0 Å². The highest BCUT2D eigenvalue weighted by molar-refractivity contribution is 6.36. The van der Waals surface area contributed by atoms with E-state index in [1.165, 1.54) is 31.2 Å². The molecule has 3 fully saturated rings. The zero-order valence-electron chi connectivity index (χ0n) is 24.5. The van der Waals surface area contributed by atoms with Gasteiger partial charge >= 0.3 is 0 Å². The largest absolute Gasteiger partial charge is 0.340 e. The van der Waals surface area contributed by atoms with Crippen LogP contribution in [-0.4, -0.2) is 70.6 Å². The van der Waals surface area contributed by atoms with Crippen LogP contribution in [0.15, 0.2) is 64.8 Å². The first kappa shape index (κ1) is 28.9. The number of hydrogen-bond acceptors (Lipinski definition) is 4. The highest BCUT2D eigenvalue weighted by Gasteiger charge is 2.43. The second kappa shape index (κ2) is 12.2. The van der Waals surface area contributed by atoms with Crippen LogP contribution < -0.4 is 0 Å². The molecule has 0 aromatic heterocycles. The molecule has 4 aliphatic rings. The summed E-state index contributed by atoms with van der Waals surface area (Å²) in [5.74, 6) is 0.368. The Kier molecular flexibility index (Phi) is 8.61. The number of piperidine rings is 1. The van der Waals surface area contributed by atoms with Crippen LogP contribution in [0.3, 0.4) is 0 Å². The van der Waals surface area contributed by atoms with Crippen LogP contribution >= 0.6 is 23.2 Å². The summed E-state index contributed by atoms with van der Waals surface area (Å²) >= 11 is 13.3. The van der Waals surface area contributed by atoms with Gasteiger partial charge in [-0.2, -0.15) is 0 Å². The van der Waals surface area contributed by atoms with Crippen molar-refractivity contribution in [2.75, 3.05) is 26.2 Å². The zero-order valence-corrected chi connectivity index (χ0v) is 26.0. The number of aliphatic imine (C=N–C) groups is 1. The van der Waals surface area contributed by atoms with Crippen molar-refractivity contribution in [1.82, 2.24) is 14.7 Å². The summed E-state index contributed by atoms with van der Waals surface area (Å²) in [6.45, 7) is 10.9. The molecule has 2 aromatic rings. The molecule has 0 aliphatic carbocycles. The molecule has 218 valence electrons. The number of halogens is 2. The van der Waals surface area contributed by atoms with Crippen molar-refractivity contribution in [2.45, 2.75) is 83.5 Å². The van der Waals surface area contributed by atoms with E-state index >= 15 is 0 Å². The number of piperazine rings is 1. The van der Waals surface area contributed by atoms with Crippen LogP contribution in [0, 0.1) is 5.92 Å². The van der Waals surface area contributed by atoms with Crippen LogP contribution in [0.1, 0.15) is 69.9 Å². The smallest absolute Gasteiger partial charge is 0.228 e. The first-order valence-corrected chi connectivity index (χ1v) is 16.1. The number of carbonyl (C=O) groups is 1. The van der Waals surface area contributed by atoms with Gasteiger partial charge in [0.05, 0.1) is 6.42 Å². The van der Waals surface area contributed by atoms with E-state index in [1.807, 2.05) is 18.2 Å². The van der Waals surface area contributed by atoms with E-state index in [-0.39, 0.29) is 17.7 Å². The summed E-state index contributed by atoms with van der Waals surface area (Å²) in [5.41, 5.74) is 5.36. The number of rotatable bonds is 6. The molecule has 0 spiro atoms. The van der Waals surface area contributed by atoms with Gasteiger partial charge in [0, 0.05) is 84.1 Å².